The highest BCUT2D eigenvalue weighted by atomic mass is 16.2. The quantitative estimate of drug-likeness (QED) is 0.322. The molecule has 0 atom stereocenters. The van der Waals surface area contributed by atoms with Gasteiger partial charge < -0.3 is 4.57 Å². The van der Waals surface area contributed by atoms with Crippen LogP contribution in [0.25, 0.3) is 17.2 Å². The molecular weight excluding hydrogens is 416 g/mol. The van der Waals surface area contributed by atoms with Crippen LogP contribution in [0.3, 0.4) is 0 Å². The van der Waals surface area contributed by atoms with Crippen molar-refractivity contribution in [2.24, 2.45) is 12.1 Å². The van der Waals surface area contributed by atoms with Crippen LogP contribution in [0.4, 0.5) is 5.95 Å². The molecule has 2 N–H and O–H groups in total. The van der Waals surface area contributed by atoms with Crippen LogP contribution in [-0.4, -0.2) is 24.8 Å². The summed E-state index contributed by atoms with van der Waals surface area (Å²) in [7, 11) is 1.59. The van der Waals surface area contributed by atoms with Crippen molar-refractivity contribution < 1.29 is 0 Å². The van der Waals surface area contributed by atoms with E-state index in [9.17, 15) is 9.59 Å². The Kier molecular flexibility index (Phi) is 6.64. The maximum absolute atomic E-state index is 12.6. The smallest absolute Gasteiger partial charge is 0.303 e. The number of aromatic nitrogens is 4. The van der Waals surface area contributed by atoms with E-state index in [1.165, 1.54) is 10.1 Å². The lowest BCUT2D eigenvalue weighted by Crippen LogP contribution is -2.29. The molecule has 4 rings (SSSR count). The summed E-state index contributed by atoms with van der Waals surface area (Å²) in [6.07, 6.45) is 5.51. The zero-order chi connectivity index (χ0) is 23.2. The van der Waals surface area contributed by atoms with Crippen LogP contribution in [0.2, 0.25) is 0 Å². The maximum Gasteiger partial charge on any atom is 0.329 e. The molecule has 0 aliphatic rings. The number of nitrogens with one attached hydrogen (secondary N) is 2. The molecular formula is C25H26N6O2. The first-order valence-electron chi connectivity index (χ1n) is 10.8. The number of anilines is 1. The molecule has 0 radical (unpaired) electrons. The van der Waals surface area contributed by atoms with Gasteiger partial charge in [-0.1, -0.05) is 66.7 Å². The summed E-state index contributed by atoms with van der Waals surface area (Å²) in [5.74, 6) is 0.414. The Balaban J connectivity index is 1.61. The second-order valence-electron chi connectivity index (χ2n) is 7.78. The third-order valence-electron chi connectivity index (χ3n) is 5.35. The van der Waals surface area contributed by atoms with E-state index in [1.54, 1.807) is 11.6 Å². The number of nitrogens with zero attached hydrogens (tertiary/aromatic N) is 4. The van der Waals surface area contributed by atoms with Crippen LogP contribution in [-0.2, 0) is 20.0 Å². The Hall–Kier alpha value is -4.20. The molecule has 2 aromatic carbocycles. The second-order valence-corrected chi connectivity index (χ2v) is 7.78. The molecule has 8 heteroatoms. The molecule has 0 aliphatic heterocycles. The van der Waals surface area contributed by atoms with E-state index >= 15 is 0 Å². The highest BCUT2D eigenvalue weighted by Gasteiger charge is 2.17. The predicted molar refractivity (Wildman–Crippen MR) is 133 cm³/mol. The molecule has 0 bridgehead atoms. The standard InChI is InChI=1S/C25H26N6O2/c1-18(15-16-20-12-7-4-8-13-20)28-29-24-26-22-21(23(32)27-25(33)30(22)2)31(24)17-9-14-19-10-5-3-6-11-19/h3-8,10-13,15-16H,9,14,17H2,1-2H3,(H,26,29)(H,27,32,33)/b16-15+,28-18+. The van der Waals surface area contributed by atoms with Gasteiger partial charge in [-0.15, -0.1) is 0 Å². The average molecular weight is 443 g/mol. The van der Waals surface area contributed by atoms with Gasteiger partial charge in [-0.05, 0) is 37.0 Å². The van der Waals surface area contributed by atoms with E-state index in [2.05, 4.69) is 32.6 Å². The number of H-pyrrole nitrogens is 1. The number of allylic oxidation sites excluding steroid dienone is 1. The van der Waals surface area contributed by atoms with E-state index in [0.29, 0.717) is 23.7 Å². The molecule has 0 amide bonds. The molecule has 0 spiro atoms. The van der Waals surface area contributed by atoms with Crippen molar-refractivity contribution in [3.05, 3.63) is 98.7 Å². The number of aromatic amines is 1. The lowest BCUT2D eigenvalue weighted by Gasteiger charge is -2.08. The molecule has 2 aromatic heterocycles. The van der Waals surface area contributed by atoms with Gasteiger partial charge in [0.1, 0.15) is 0 Å². The van der Waals surface area contributed by atoms with Crippen molar-refractivity contribution in [3.63, 3.8) is 0 Å². The van der Waals surface area contributed by atoms with Gasteiger partial charge in [-0.3, -0.25) is 14.3 Å². The number of imidazole rings is 1. The molecule has 33 heavy (non-hydrogen) atoms. The zero-order valence-electron chi connectivity index (χ0n) is 18.7. The zero-order valence-corrected chi connectivity index (χ0v) is 18.7. The predicted octanol–water partition coefficient (Wildman–Crippen LogP) is 3.56. The lowest BCUT2D eigenvalue weighted by molar-refractivity contribution is 0.659. The van der Waals surface area contributed by atoms with E-state index in [1.807, 2.05) is 67.6 Å². The molecule has 2 heterocycles. The summed E-state index contributed by atoms with van der Waals surface area (Å²) >= 11 is 0. The third-order valence-corrected chi connectivity index (χ3v) is 5.35. The topological polar surface area (TPSA) is 97.1 Å². The number of hydrogen-bond acceptors (Lipinski definition) is 5. The van der Waals surface area contributed by atoms with Gasteiger partial charge in [0, 0.05) is 13.6 Å². The fourth-order valence-electron chi connectivity index (χ4n) is 3.58. The van der Waals surface area contributed by atoms with Crippen molar-refractivity contribution in [1.29, 1.82) is 0 Å². The first-order valence-corrected chi connectivity index (χ1v) is 10.8. The molecule has 0 aliphatic carbocycles. The average Bonchev–Trinajstić information content (AvgIpc) is 3.20. The Bertz CT molecular complexity index is 1410. The Labute approximate surface area is 190 Å². The SMILES string of the molecule is CC(/C=C/c1ccccc1)=N\Nc1nc2c(c(=O)[nH]c(=O)n2C)n1CCCc1ccccc1. The highest BCUT2D eigenvalue weighted by molar-refractivity contribution is 5.96. The summed E-state index contributed by atoms with van der Waals surface area (Å²) in [4.78, 5) is 31.5. The molecule has 0 saturated heterocycles. The second kappa shape index (κ2) is 9.95. The first kappa shape index (κ1) is 22.0. The fraction of sp³-hybridized carbons (Fsp3) is 0.200. The first-order chi connectivity index (χ1) is 16.0. The molecule has 168 valence electrons. The summed E-state index contributed by atoms with van der Waals surface area (Å²) < 4.78 is 3.12. The van der Waals surface area contributed by atoms with Crippen LogP contribution in [0, 0.1) is 0 Å². The number of fused-ring (bicyclic) bond motifs is 1. The molecule has 0 saturated carbocycles. The summed E-state index contributed by atoms with van der Waals surface area (Å²) in [5, 5.41) is 4.41. The Morgan fingerprint density at radius 2 is 1.79 bits per heavy atom. The van der Waals surface area contributed by atoms with E-state index < -0.39 is 11.2 Å². The third kappa shape index (κ3) is 5.17. The van der Waals surface area contributed by atoms with Crippen molar-refractivity contribution >= 4 is 28.9 Å². The normalized spacial score (nSPS) is 12.0. The number of aryl methyl sites for hydroxylation is 3. The molecule has 0 unspecified atom stereocenters. The van der Waals surface area contributed by atoms with Crippen molar-refractivity contribution in [2.75, 3.05) is 5.43 Å². The minimum atomic E-state index is -0.501. The summed E-state index contributed by atoms with van der Waals surface area (Å²) in [6.45, 7) is 2.42. The van der Waals surface area contributed by atoms with Gasteiger partial charge in [-0.25, -0.2) is 10.2 Å². The van der Waals surface area contributed by atoms with Gasteiger partial charge in [0.2, 0.25) is 5.95 Å². The number of rotatable bonds is 8. The summed E-state index contributed by atoms with van der Waals surface area (Å²) in [5.41, 5.74) is 5.72. The van der Waals surface area contributed by atoms with E-state index in [4.69, 9.17) is 0 Å². The van der Waals surface area contributed by atoms with Crippen LogP contribution in [0.15, 0.2) is 81.4 Å². The number of hydrogen-bond donors (Lipinski definition) is 2. The fourth-order valence-corrected chi connectivity index (χ4v) is 3.58. The van der Waals surface area contributed by atoms with Crippen LogP contribution >= 0.6 is 0 Å². The largest absolute Gasteiger partial charge is 0.329 e. The van der Waals surface area contributed by atoms with E-state index in [-0.39, 0.29) is 0 Å². The van der Waals surface area contributed by atoms with Gasteiger partial charge in [0.05, 0.1) is 5.71 Å². The van der Waals surface area contributed by atoms with Crippen LogP contribution < -0.4 is 16.7 Å². The van der Waals surface area contributed by atoms with Crippen LogP contribution in [0.5, 0.6) is 0 Å². The Morgan fingerprint density at radius 1 is 1.09 bits per heavy atom. The highest BCUT2D eigenvalue weighted by Crippen LogP contribution is 2.17. The minimum Gasteiger partial charge on any atom is -0.303 e. The molecule has 8 nitrogen and oxygen atoms in total. The van der Waals surface area contributed by atoms with Gasteiger partial charge >= 0.3 is 5.69 Å². The van der Waals surface area contributed by atoms with Gasteiger partial charge in [0.25, 0.3) is 5.56 Å². The van der Waals surface area contributed by atoms with Crippen molar-refractivity contribution in [3.8, 4) is 0 Å². The summed E-state index contributed by atoms with van der Waals surface area (Å²) in [6, 6.07) is 20.1. The van der Waals surface area contributed by atoms with Crippen LogP contribution in [0.1, 0.15) is 24.5 Å². The number of hydrazone groups is 1. The monoisotopic (exact) mass is 442 g/mol. The number of benzene rings is 2. The molecule has 4 aromatic rings. The van der Waals surface area contributed by atoms with Crippen molar-refractivity contribution in [2.45, 2.75) is 26.3 Å². The molecule has 0 fully saturated rings. The van der Waals surface area contributed by atoms with Gasteiger partial charge in [-0.2, -0.15) is 10.1 Å². The Morgan fingerprint density at radius 3 is 2.52 bits per heavy atom. The van der Waals surface area contributed by atoms with E-state index in [0.717, 1.165) is 24.1 Å². The maximum atomic E-state index is 12.6. The lowest BCUT2D eigenvalue weighted by atomic mass is 10.1. The van der Waals surface area contributed by atoms with Crippen molar-refractivity contribution in [1.82, 2.24) is 19.1 Å². The minimum absolute atomic E-state index is 0.318. The van der Waals surface area contributed by atoms with Gasteiger partial charge in [0.15, 0.2) is 11.2 Å².